The van der Waals surface area contributed by atoms with Crippen molar-refractivity contribution in [3.8, 4) is 0 Å². The van der Waals surface area contributed by atoms with Gasteiger partial charge < -0.3 is 15.4 Å². The lowest BCUT2D eigenvalue weighted by Crippen LogP contribution is -2.61. The van der Waals surface area contributed by atoms with Gasteiger partial charge in [0, 0.05) is 38.3 Å². The second-order valence-electron chi connectivity index (χ2n) is 7.55. The third-order valence-electron chi connectivity index (χ3n) is 5.85. The fourth-order valence-corrected chi connectivity index (χ4v) is 6.07. The van der Waals surface area contributed by atoms with Gasteiger partial charge >= 0.3 is 0 Å². The summed E-state index contributed by atoms with van der Waals surface area (Å²) in [6.45, 7) is 4.47. The van der Waals surface area contributed by atoms with Crippen molar-refractivity contribution < 1.29 is 13.2 Å². The van der Waals surface area contributed by atoms with Crippen LogP contribution in [0, 0.1) is 0 Å². The second-order valence-corrected chi connectivity index (χ2v) is 9.78. The first-order valence-electron chi connectivity index (χ1n) is 9.53. The molecule has 0 aromatic carbocycles. The van der Waals surface area contributed by atoms with E-state index in [1.54, 1.807) is 7.05 Å². The lowest BCUT2D eigenvalue weighted by atomic mass is 9.80. The molecule has 2 heterocycles. The Bertz CT molecular complexity index is 573. The van der Waals surface area contributed by atoms with Crippen LogP contribution in [0.4, 0.5) is 0 Å². The average Bonchev–Trinajstić information content (AvgIpc) is 2.98. The Labute approximate surface area is 174 Å². The molecule has 0 spiro atoms. The summed E-state index contributed by atoms with van der Waals surface area (Å²) in [6, 6.07) is -0.0260. The molecule has 152 valence electrons. The average molecular weight is 500 g/mol. The summed E-state index contributed by atoms with van der Waals surface area (Å²) in [4.78, 5) is 6.91. The van der Waals surface area contributed by atoms with Crippen LogP contribution in [-0.4, -0.2) is 82.3 Å². The number of aliphatic imine (C=N–C) groups is 1. The number of morpholine rings is 1. The molecule has 1 saturated carbocycles. The van der Waals surface area contributed by atoms with Crippen LogP contribution < -0.4 is 10.6 Å². The van der Waals surface area contributed by atoms with Crippen molar-refractivity contribution in [1.29, 1.82) is 0 Å². The van der Waals surface area contributed by atoms with E-state index < -0.39 is 9.84 Å². The molecule has 2 aliphatic heterocycles. The zero-order valence-corrected chi connectivity index (χ0v) is 18.9. The molecule has 3 rings (SSSR count). The van der Waals surface area contributed by atoms with Crippen molar-refractivity contribution in [1.82, 2.24) is 15.5 Å². The minimum atomic E-state index is -2.88. The Hall–Kier alpha value is -0.130. The van der Waals surface area contributed by atoms with Gasteiger partial charge in [-0.1, -0.05) is 19.3 Å². The molecule has 3 fully saturated rings. The summed E-state index contributed by atoms with van der Waals surface area (Å²) in [6.07, 6.45) is 6.93. The number of nitrogens with one attached hydrogen (secondary N) is 2. The van der Waals surface area contributed by atoms with Crippen LogP contribution in [0.1, 0.15) is 38.5 Å². The fraction of sp³-hybridized carbons (Fsp3) is 0.941. The fourth-order valence-electron chi connectivity index (χ4n) is 4.40. The first-order chi connectivity index (χ1) is 12.0. The van der Waals surface area contributed by atoms with E-state index in [2.05, 4.69) is 20.5 Å². The van der Waals surface area contributed by atoms with Gasteiger partial charge in [-0.25, -0.2) is 8.42 Å². The van der Waals surface area contributed by atoms with E-state index in [-0.39, 0.29) is 47.1 Å². The Morgan fingerprint density at radius 3 is 2.50 bits per heavy atom. The molecule has 0 radical (unpaired) electrons. The number of hydrogen-bond acceptors (Lipinski definition) is 5. The van der Waals surface area contributed by atoms with Gasteiger partial charge in [0.05, 0.1) is 24.7 Å². The Morgan fingerprint density at radius 1 is 1.23 bits per heavy atom. The van der Waals surface area contributed by atoms with E-state index in [1.165, 1.54) is 32.1 Å². The van der Waals surface area contributed by atoms with E-state index in [4.69, 9.17) is 4.74 Å². The van der Waals surface area contributed by atoms with Crippen LogP contribution >= 0.6 is 24.0 Å². The Morgan fingerprint density at radius 2 is 1.92 bits per heavy atom. The van der Waals surface area contributed by atoms with E-state index in [9.17, 15) is 8.42 Å². The minimum Gasteiger partial charge on any atom is -0.379 e. The molecule has 2 saturated heterocycles. The third-order valence-corrected chi connectivity index (χ3v) is 7.62. The van der Waals surface area contributed by atoms with Gasteiger partial charge in [0.15, 0.2) is 15.8 Å². The lowest BCUT2D eigenvalue weighted by molar-refractivity contribution is -0.0352. The third kappa shape index (κ3) is 5.68. The van der Waals surface area contributed by atoms with E-state index in [1.807, 2.05) is 0 Å². The molecule has 0 bridgehead atoms. The molecule has 0 aromatic heterocycles. The number of hydrogen-bond donors (Lipinski definition) is 2. The largest absolute Gasteiger partial charge is 0.379 e. The van der Waals surface area contributed by atoms with Gasteiger partial charge in [-0.2, -0.15) is 0 Å². The van der Waals surface area contributed by atoms with Crippen molar-refractivity contribution in [2.24, 2.45) is 4.99 Å². The van der Waals surface area contributed by atoms with Crippen molar-refractivity contribution in [3.05, 3.63) is 0 Å². The predicted octanol–water partition coefficient (Wildman–Crippen LogP) is 0.992. The molecular weight excluding hydrogens is 467 g/mol. The molecule has 0 aromatic rings. The predicted molar refractivity (Wildman–Crippen MR) is 115 cm³/mol. The summed E-state index contributed by atoms with van der Waals surface area (Å²) in [5, 5.41) is 6.79. The van der Waals surface area contributed by atoms with Crippen LogP contribution in [0.3, 0.4) is 0 Å². The molecule has 0 amide bonds. The quantitative estimate of drug-likeness (QED) is 0.341. The molecule has 7 nitrogen and oxygen atoms in total. The summed E-state index contributed by atoms with van der Waals surface area (Å²) in [5.41, 5.74) is 0.168. The molecular formula is C17H33IN4O3S. The number of ether oxygens (including phenoxy) is 1. The van der Waals surface area contributed by atoms with Gasteiger partial charge in [0.2, 0.25) is 0 Å². The van der Waals surface area contributed by atoms with Crippen molar-refractivity contribution in [2.45, 2.75) is 50.1 Å². The molecule has 26 heavy (non-hydrogen) atoms. The summed E-state index contributed by atoms with van der Waals surface area (Å²) in [7, 11) is -1.13. The van der Waals surface area contributed by atoms with E-state index in [0.717, 1.165) is 38.8 Å². The zero-order chi connectivity index (χ0) is 17.8. The summed E-state index contributed by atoms with van der Waals surface area (Å²) < 4.78 is 28.8. The number of halogens is 1. The lowest BCUT2D eigenvalue weighted by Gasteiger charge is -2.48. The SMILES string of the molecule is CN=C(NCC1(N2CCOCC2)CCCCC1)NC1CCS(=O)(=O)C1.I. The smallest absolute Gasteiger partial charge is 0.191 e. The number of nitrogens with zero attached hydrogens (tertiary/aromatic N) is 2. The molecule has 1 aliphatic carbocycles. The Balaban J connectivity index is 0.00000243. The van der Waals surface area contributed by atoms with Crippen LogP contribution in [-0.2, 0) is 14.6 Å². The molecule has 2 N–H and O–H groups in total. The zero-order valence-electron chi connectivity index (χ0n) is 15.7. The highest BCUT2D eigenvalue weighted by Crippen LogP contribution is 2.33. The maximum Gasteiger partial charge on any atom is 0.191 e. The molecule has 3 aliphatic rings. The minimum absolute atomic E-state index is 0. The number of guanidine groups is 1. The maximum absolute atomic E-state index is 11.7. The molecule has 1 unspecified atom stereocenters. The van der Waals surface area contributed by atoms with Crippen LogP contribution in [0.2, 0.25) is 0 Å². The molecule has 9 heteroatoms. The number of rotatable bonds is 4. The highest BCUT2D eigenvalue weighted by Gasteiger charge is 2.39. The highest BCUT2D eigenvalue weighted by atomic mass is 127. The topological polar surface area (TPSA) is 83.0 Å². The first-order valence-corrected chi connectivity index (χ1v) is 11.4. The molecule has 1 atom stereocenters. The maximum atomic E-state index is 11.7. The highest BCUT2D eigenvalue weighted by molar-refractivity contribution is 14.0. The number of sulfone groups is 1. The Kier molecular flexibility index (Phi) is 8.42. The van der Waals surface area contributed by atoms with Crippen molar-refractivity contribution >= 4 is 39.8 Å². The van der Waals surface area contributed by atoms with Gasteiger partial charge in [-0.3, -0.25) is 9.89 Å². The first kappa shape index (κ1) is 22.2. The van der Waals surface area contributed by atoms with Gasteiger partial charge in [0.1, 0.15) is 0 Å². The van der Waals surface area contributed by atoms with Gasteiger partial charge in [-0.05, 0) is 19.3 Å². The summed E-state index contributed by atoms with van der Waals surface area (Å²) >= 11 is 0. The second kappa shape index (κ2) is 9.88. The van der Waals surface area contributed by atoms with Crippen molar-refractivity contribution in [2.75, 3.05) is 51.4 Å². The van der Waals surface area contributed by atoms with E-state index >= 15 is 0 Å². The van der Waals surface area contributed by atoms with Crippen LogP contribution in [0.5, 0.6) is 0 Å². The standard InChI is InChI=1S/C17H32N4O3S.HI/c1-18-16(20-15-5-12-25(22,23)13-15)19-14-17(6-3-2-4-7-17)21-8-10-24-11-9-21;/h15H,2-14H2,1H3,(H2,18,19,20);1H. The van der Waals surface area contributed by atoms with Crippen molar-refractivity contribution in [3.63, 3.8) is 0 Å². The normalized spacial score (nSPS) is 29.0. The van der Waals surface area contributed by atoms with Gasteiger partial charge in [0.25, 0.3) is 0 Å². The van der Waals surface area contributed by atoms with E-state index in [0.29, 0.717) is 6.42 Å². The van der Waals surface area contributed by atoms with Crippen LogP contribution in [0.25, 0.3) is 0 Å². The van der Waals surface area contributed by atoms with Gasteiger partial charge in [-0.15, -0.1) is 24.0 Å². The monoisotopic (exact) mass is 500 g/mol. The van der Waals surface area contributed by atoms with Crippen LogP contribution in [0.15, 0.2) is 4.99 Å². The summed E-state index contributed by atoms with van der Waals surface area (Å²) in [5.74, 6) is 1.21.